The van der Waals surface area contributed by atoms with E-state index in [1.54, 1.807) is 0 Å². The average Bonchev–Trinajstić information content (AvgIpc) is 2.21. The van der Waals surface area contributed by atoms with Crippen molar-refractivity contribution in [3.63, 3.8) is 0 Å². The summed E-state index contributed by atoms with van der Waals surface area (Å²) in [6.45, 7) is 1.19. The van der Waals surface area contributed by atoms with Gasteiger partial charge in [-0.05, 0) is 51.9 Å². The summed E-state index contributed by atoms with van der Waals surface area (Å²) in [5.41, 5.74) is 2.71. The van der Waals surface area contributed by atoms with Crippen LogP contribution in [0, 0.1) is 5.92 Å². The number of fused-ring (bicyclic) bond motifs is 1. The fourth-order valence-electron chi connectivity index (χ4n) is 2.46. The molecule has 1 N–H and O–H groups in total. The van der Waals surface area contributed by atoms with E-state index in [0.717, 1.165) is 10.5 Å². The maximum atomic E-state index is 4.29. The molecule has 2 aliphatic rings. The largest absolute Gasteiger partial charge is 0.309 e. The SMILES string of the molecule is Brc1ccc(C2=CCC[C@H]3CN[C@@H]23)cn1. The van der Waals surface area contributed by atoms with Crippen LogP contribution in [0.25, 0.3) is 5.57 Å². The molecule has 0 aromatic carbocycles. The highest BCUT2D eigenvalue weighted by molar-refractivity contribution is 9.10. The Labute approximate surface area is 97.9 Å². The van der Waals surface area contributed by atoms with Gasteiger partial charge in [0.2, 0.25) is 0 Å². The second kappa shape index (κ2) is 3.72. The zero-order chi connectivity index (χ0) is 10.3. The first-order valence-corrected chi connectivity index (χ1v) is 6.19. The van der Waals surface area contributed by atoms with Crippen molar-refractivity contribution in [2.75, 3.05) is 6.54 Å². The van der Waals surface area contributed by atoms with Gasteiger partial charge in [-0.2, -0.15) is 0 Å². The van der Waals surface area contributed by atoms with E-state index >= 15 is 0 Å². The molecule has 2 atom stereocenters. The van der Waals surface area contributed by atoms with E-state index in [4.69, 9.17) is 0 Å². The van der Waals surface area contributed by atoms with Crippen LogP contribution in [0.3, 0.4) is 0 Å². The predicted molar refractivity (Wildman–Crippen MR) is 64.4 cm³/mol. The molecule has 1 fully saturated rings. The van der Waals surface area contributed by atoms with E-state index in [1.165, 1.54) is 30.5 Å². The van der Waals surface area contributed by atoms with Gasteiger partial charge in [-0.1, -0.05) is 12.1 Å². The molecule has 15 heavy (non-hydrogen) atoms. The number of halogens is 1. The summed E-state index contributed by atoms with van der Waals surface area (Å²) in [5.74, 6) is 0.855. The van der Waals surface area contributed by atoms with E-state index in [1.807, 2.05) is 12.3 Å². The topological polar surface area (TPSA) is 24.9 Å². The standard InChI is InChI=1S/C12H13BrN2/c13-11-5-4-8(6-14-11)10-3-1-2-9-7-15-12(9)10/h3-6,9,12,15H,1-2,7H2/t9-,12+/m0/s1. The highest BCUT2D eigenvalue weighted by Crippen LogP contribution is 2.35. The maximum Gasteiger partial charge on any atom is 0.106 e. The molecule has 3 rings (SSSR count). The lowest BCUT2D eigenvalue weighted by Gasteiger charge is -2.42. The van der Waals surface area contributed by atoms with Crippen LogP contribution in [-0.2, 0) is 0 Å². The van der Waals surface area contributed by atoms with Crippen LogP contribution in [0.1, 0.15) is 18.4 Å². The molecule has 2 heterocycles. The highest BCUT2D eigenvalue weighted by Gasteiger charge is 2.35. The van der Waals surface area contributed by atoms with E-state index in [2.05, 4.69) is 38.4 Å². The summed E-state index contributed by atoms with van der Waals surface area (Å²) in [7, 11) is 0. The minimum Gasteiger partial charge on any atom is -0.309 e. The van der Waals surface area contributed by atoms with Crippen LogP contribution in [0.5, 0.6) is 0 Å². The van der Waals surface area contributed by atoms with Crippen molar-refractivity contribution in [2.24, 2.45) is 5.92 Å². The van der Waals surface area contributed by atoms with Crippen molar-refractivity contribution in [3.05, 3.63) is 34.6 Å². The van der Waals surface area contributed by atoms with Crippen LogP contribution in [0.15, 0.2) is 29.0 Å². The van der Waals surface area contributed by atoms with Crippen molar-refractivity contribution >= 4 is 21.5 Å². The molecular weight excluding hydrogens is 252 g/mol. The predicted octanol–water partition coefficient (Wildman–Crippen LogP) is 2.61. The van der Waals surface area contributed by atoms with E-state index in [-0.39, 0.29) is 0 Å². The molecule has 1 aromatic heterocycles. The summed E-state index contributed by atoms with van der Waals surface area (Å²) >= 11 is 3.36. The van der Waals surface area contributed by atoms with Gasteiger partial charge in [-0.25, -0.2) is 4.98 Å². The van der Waals surface area contributed by atoms with Crippen molar-refractivity contribution in [1.29, 1.82) is 0 Å². The Morgan fingerprint density at radius 3 is 3.00 bits per heavy atom. The molecule has 0 unspecified atom stereocenters. The van der Waals surface area contributed by atoms with Gasteiger partial charge in [0, 0.05) is 18.8 Å². The molecule has 1 aromatic rings. The molecule has 0 amide bonds. The Morgan fingerprint density at radius 1 is 1.40 bits per heavy atom. The highest BCUT2D eigenvalue weighted by atomic mass is 79.9. The molecule has 1 aliphatic carbocycles. The van der Waals surface area contributed by atoms with Gasteiger partial charge < -0.3 is 5.32 Å². The summed E-state index contributed by atoms with van der Waals surface area (Å²) < 4.78 is 0.903. The van der Waals surface area contributed by atoms with Gasteiger partial charge in [0.15, 0.2) is 0 Å². The minimum absolute atomic E-state index is 0.585. The Hall–Kier alpha value is -0.670. The van der Waals surface area contributed by atoms with Gasteiger partial charge in [0.1, 0.15) is 4.60 Å². The number of pyridine rings is 1. The summed E-state index contributed by atoms with van der Waals surface area (Å²) in [6.07, 6.45) is 6.87. The molecular formula is C12H13BrN2. The molecule has 1 saturated heterocycles. The Kier molecular flexibility index (Phi) is 2.37. The zero-order valence-electron chi connectivity index (χ0n) is 8.41. The van der Waals surface area contributed by atoms with Crippen molar-refractivity contribution in [2.45, 2.75) is 18.9 Å². The maximum absolute atomic E-state index is 4.29. The monoisotopic (exact) mass is 264 g/mol. The first kappa shape index (κ1) is 9.55. The van der Waals surface area contributed by atoms with Crippen molar-refractivity contribution < 1.29 is 0 Å². The van der Waals surface area contributed by atoms with Crippen LogP contribution >= 0.6 is 15.9 Å². The molecule has 78 valence electrons. The molecule has 0 bridgehead atoms. The first-order valence-electron chi connectivity index (χ1n) is 5.40. The zero-order valence-corrected chi connectivity index (χ0v) is 10.00. The molecule has 0 spiro atoms. The summed E-state index contributed by atoms with van der Waals surface area (Å²) in [5, 5.41) is 3.50. The number of nitrogens with zero attached hydrogens (tertiary/aromatic N) is 1. The van der Waals surface area contributed by atoms with Crippen molar-refractivity contribution in [3.8, 4) is 0 Å². The molecule has 2 nitrogen and oxygen atoms in total. The second-order valence-electron chi connectivity index (χ2n) is 4.25. The van der Waals surface area contributed by atoms with Crippen LogP contribution < -0.4 is 5.32 Å². The Morgan fingerprint density at radius 2 is 2.33 bits per heavy atom. The summed E-state index contributed by atoms with van der Waals surface area (Å²) in [4.78, 5) is 4.29. The molecule has 0 saturated carbocycles. The molecule has 1 aliphatic heterocycles. The lowest BCUT2D eigenvalue weighted by molar-refractivity contribution is 0.262. The smallest absolute Gasteiger partial charge is 0.106 e. The first-order chi connectivity index (χ1) is 7.34. The Bertz CT molecular complexity index is 397. The lowest BCUT2D eigenvalue weighted by atomic mass is 9.76. The number of aromatic nitrogens is 1. The van der Waals surface area contributed by atoms with E-state index < -0.39 is 0 Å². The van der Waals surface area contributed by atoms with E-state index in [9.17, 15) is 0 Å². The van der Waals surface area contributed by atoms with Gasteiger partial charge in [-0.3, -0.25) is 0 Å². The lowest BCUT2D eigenvalue weighted by Crippen LogP contribution is -2.54. The second-order valence-corrected chi connectivity index (χ2v) is 5.06. The molecule has 3 heteroatoms. The Balaban J connectivity index is 1.92. The third-order valence-corrected chi connectivity index (χ3v) is 3.84. The van der Waals surface area contributed by atoms with Crippen LogP contribution in [0.2, 0.25) is 0 Å². The van der Waals surface area contributed by atoms with Gasteiger partial charge in [0.05, 0.1) is 0 Å². The fourth-order valence-corrected chi connectivity index (χ4v) is 2.69. The fraction of sp³-hybridized carbons (Fsp3) is 0.417. The quantitative estimate of drug-likeness (QED) is 0.789. The van der Waals surface area contributed by atoms with Crippen LogP contribution in [0.4, 0.5) is 0 Å². The number of allylic oxidation sites excluding steroid dienone is 1. The third-order valence-electron chi connectivity index (χ3n) is 3.37. The minimum atomic E-state index is 0.585. The molecule has 0 radical (unpaired) electrons. The number of hydrogen-bond acceptors (Lipinski definition) is 2. The van der Waals surface area contributed by atoms with Gasteiger partial charge >= 0.3 is 0 Å². The number of rotatable bonds is 1. The van der Waals surface area contributed by atoms with E-state index in [0.29, 0.717) is 6.04 Å². The van der Waals surface area contributed by atoms with Gasteiger partial charge in [-0.15, -0.1) is 0 Å². The number of hydrogen-bond donors (Lipinski definition) is 1. The third kappa shape index (κ3) is 1.64. The average molecular weight is 265 g/mol. The van der Waals surface area contributed by atoms with Gasteiger partial charge in [0.25, 0.3) is 0 Å². The van der Waals surface area contributed by atoms with Crippen LogP contribution in [-0.4, -0.2) is 17.6 Å². The van der Waals surface area contributed by atoms with Crippen molar-refractivity contribution in [1.82, 2.24) is 10.3 Å². The summed E-state index contributed by atoms with van der Waals surface area (Å²) in [6, 6.07) is 4.74. The normalized spacial score (nSPS) is 29.0. The number of nitrogens with one attached hydrogen (secondary N) is 1.